The number of aromatic nitrogens is 3. The number of nitrogens with zero attached hydrogens (tertiary/aromatic N) is 4. The molecule has 0 aliphatic carbocycles. The molecule has 1 atom stereocenters. The van der Waals surface area contributed by atoms with E-state index in [-0.39, 0.29) is 19.0 Å². The topological polar surface area (TPSA) is 118 Å². The fourth-order valence-electron chi connectivity index (χ4n) is 3.27. The van der Waals surface area contributed by atoms with Crippen LogP contribution in [0.25, 0.3) is 5.82 Å². The highest BCUT2D eigenvalue weighted by atomic mass is 35.5. The van der Waals surface area contributed by atoms with E-state index >= 15 is 0 Å². The molecular weight excluding hydrogens is 455 g/mol. The van der Waals surface area contributed by atoms with Crippen LogP contribution >= 0.6 is 11.6 Å². The van der Waals surface area contributed by atoms with Crippen molar-refractivity contribution in [3.05, 3.63) is 42.1 Å². The number of hydrogen-bond acceptors (Lipinski definition) is 6. The van der Waals surface area contributed by atoms with Gasteiger partial charge in [0.25, 0.3) is 0 Å². The molecule has 0 spiro atoms. The Kier molecular flexibility index (Phi) is 6.92. The molecule has 3 amide bonds. The number of likely N-dealkylation sites (tertiary alicyclic amines) is 1. The minimum absolute atomic E-state index is 0.0505. The standard InChI is InChI=1S/C21H26ClFN6O4/c1-13(14-5-6-16(24-8-14)29-10-15(23)9-25-29)26-18(31)21(27-17(30)7-22)11-28(12-21)19(32)33-20(2,3)4/h5-6,8-10,13H,7,11-12H2,1-4H3,(H,26,31)(H,27,30)/t13-/m0/s1. The lowest BCUT2D eigenvalue weighted by Crippen LogP contribution is -2.77. The minimum atomic E-state index is -1.32. The van der Waals surface area contributed by atoms with E-state index in [9.17, 15) is 18.8 Å². The zero-order valence-corrected chi connectivity index (χ0v) is 19.5. The second kappa shape index (κ2) is 9.34. The molecule has 1 saturated heterocycles. The number of nitrogens with one attached hydrogen (secondary N) is 2. The third-order valence-corrected chi connectivity index (χ3v) is 5.15. The van der Waals surface area contributed by atoms with Crippen LogP contribution in [-0.4, -0.2) is 67.7 Å². The van der Waals surface area contributed by atoms with Gasteiger partial charge in [-0.05, 0) is 39.3 Å². The second-order valence-corrected chi connectivity index (χ2v) is 9.12. The van der Waals surface area contributed by atoms with Gasteiger partial charge in [0.05, 0.1) is 31.5 Å². The van der Waals surface area contributed by atoms with Gasteiger partial charge in [-0.1, -0.05) is 6.07 Å². The number of ether oxygens (including phenoxy) is 1. The Balaban J connectivity index is 1.68. The zero-order chi connectivity index (χ0) is 24.4. The summed E-state index contributed by atoms with van der Waals surface area (Å²) in [5, 5.41) is 9.32. The van der Waals surface area contributed by atoms with E-state index in [1.807, 2.05) is 0 Å². The van der Waals surface area contributed by atoms with Crippen LogP contribution < -0.4 is 10.6 Å². The van der Waals surface area contributed by atoms with Gasteiger partial charge in [-0.3, -0.25) is 9.59 Å². The van der Waals surface area contributed by atoms with Gasteiger partial charge in [0.15, 0.2) is 17.2 Å². The van der Waals surface area contributed by atoms with E-state index in [4.69, 9.17) is 16.3 Å². The SMILES string of the molecule is C[C@H](NC(=O)C1(NC(=O)CCl)CN(C(=O)OC(C)(C)C)C1)c1ccc(-n2cc(F)cn2)nc1. The van der Waals surface area contributed by atoms with Gasteiger partial charge in [0, 0.05) is 6.20 Å². The van der Waals surface area contributed by atoms with Gasteiger partial charge in [-0.2, -0.15) is 5.10 Å². The Labute approximate surface area is 195 Å². The van der Waals surface area contributed by atoms with Crippen molar-refractivity contribution in [2.75, 3.05) is 19.0 Å². The lowest BCUT2D eigenvalue weighted by atomic mass is 9.88. The average Bonchev–Trinajstić information content (AvgIpc) is 3.15. The summed E-state index contributed by atoms with van der Waals surface area (Å²) in [5.41, 5.74) is -1.33. The van der Waals surface area contributed by atoms with Crippen molar-refractivity contribution in [3.8, 4) is 5.82 Å². The van der Waals surface area contributed by atoms with Gasteiger partial charge in [-0.15, -0.1) is 11.6 Å². The number of halogens is 2. The summed E-state index contributed by atoms with van der Waals surface area (Å²) in [6.45, 7) is 6.87. The summed E-state index contributed by atoms with van der Waals surface area (Å²) in [5.74, 6) is -1.38. The highest BCUT2D eigenvalue weighted by molar-refractivity contribution is 6.27. The smallest absolute Gasteiger partial charge is 0.410 e. The van der Waals surface area contributed by atoms with E-state index in [0.29, 0.717) is 11.4 Å². The molecule has 2 N–H and O–H groups in total. The molecule has 3 rings (SSSR count). The lowest BCUT2D eigenvalue weighted by molar-refractivity contribution is -0.140. The number of hydrogen-bond donors (Lipinski definition) is 2. The molecule has 1 fully saturated rings. The van der Waals surface area contributed by atoms with E-state index in [0.717, 1.165) is 6.20 Å². The van der Waals surface area contributed by atoms with Crippen molar-refractivity contribution in [2.45, 2.75) is 44.9 Å². The van der Waals surface area contributed by atoms with Gasteiger partial charge >= 0.3 is 6.09 Å². The fourth-order valence-corrected chi connectivity index (χ4v) is 3.34. The molecule has 2 aromatic heterocycles. The summed E-state index contributed by atoms with van der Waals surface area (Å²) in [7, 11) is 0. The number of pyridine rings is 1. The predicted molar refractivity (Wildman–Crippen MR) is 117 cm³/mol. The number of rotatable bonds is 6. The first-order chi connectivity index (χ1) is 15.4. The van der Waals surface area contributed by atoms with E-state index in [1.165, 1.54) is 22.0 Å². The molecule has 0 bridgehead atoms. The number of carbonyl (C=O) groups is 3. The van der Waals surface area contributed by atoms with Crippen LogP contribution in [0.4, 0.5) is 9.18 Å². The molecule has 178 valence electrons. The van der Waals surface area contributed by atoms with Crippen LogP contribution in [0.1, 0.15) is 39.3 Å². The summed E-state index contributed by atoms with van der Waals surface area (Å²) >= 11 is 5.61. The Morgan fingerprint density at radius 1 is 1.27 bits per heavy atom. The first kappa shape index (κ1) is 24.4. The maximum atomic E-state index is 13.2. The third kappa shape index (κ3) is 5.78. The Morgan fingerprint density at radius 3 is 2.48 bits per heavy atom. The molecule has 0 aromatic carbocycles. The van der Waals surface area contributed by atoms with Crippen LogP contribution in [-0.2, 0) is 14.3 Å². The maximum absolute atomic E-state index is 13.2. The lowest BCUT2D eigenvalue weighted by Gasteiger charge is -2.48. The second-order valence-electron chi connectivity index (χ2n) is 8.85. The molecule has 0 saturated carbocycles. The third-order valence-electron chi connectivity index (χ3n) is 4.91. The van der Waals surface area contributed by atoms with Crippen molar-refractivity contribution in [2.24, 2.45) is 0 Å². The molecule has 1 aliphatic heterocycles. The fraction of sp³-hybridized carbons (Fsp3) is 0.476. The van der Waals surface area contributed by atoms with Crippen molar-refractivity contribution in [1.29, 1.82) is 0 Å². The van der Waals surface area contributed by atoms with Crippen LogP contribution in [0.2, 0.25) is 0 Å². The first-order valence-electron chi connectivity index (χ1n) is 10.2. The summed E-state index contributed by atoms with van der Waals surface area (Å²) in [6, 6.07) is 2.90. The first-order valence-corrected chi connectivity index (χ1v) is 10.8. The largest absolute Gasteiger partial charge is 0.444 e. The van der Waals surface area contributed by atoms with Gasteiger partial charge in [-0.25, -0.2) is 18.9 Å². The highest BCUT2D eigenvalue weighted by Gasteiger charge is 2.53. The maximum Gasteiger partial charge on any atom is 0.410 e. The number of amides is 3. The van der Waals surface area contributed by atoms with Crippen LogP contribution in [0, 0.1) is 5.82 Å². The Bertz CT molecular complexity index is 1030. The van der Waals surface area contributed by atoms with Crippen molar-refractivity contribution >= 4 is 29.5 Å². The molecule has 10 nitrogen and oxygen atoms in total. The molecule has 2 aromatic rings. The summed E-state index contributed by atoms with van der Waals surface area (Å²) in [6.07, 6.45) is 3.24. The molecule has 0 radical (unpaired) electrons. The summed E-state index contributed by atoms with van der Waals surface area (Å²) in [4.78, 5) is 42.9. The Morgan fingerprint density at radius 2 is 1.97 bits per heavy atom. The molecular formula is C21H26ClFN6O4. The highest BCUT2D eigenvalue weighted by Crippen LogP contribution is 2.25. The van der Waals surface area contributed by atoms with Gasteiger partial charge in [0.1, 0.15) is 11.5 Å². The number of carbonyl (C=O) groups excluding carboxylic acids is 3. The van der Waals surface area contributed by atoms with Crippen molar-refractivity contribution in [3.63, 3.8) is 0 Å². The zero-order valence-electron chi connectivity index (χ0n) is 18.8. The van der Waals surface area contributed by atoms with Gasteiger partial charge < -0.3 is 20.3 Å². The van der Waals surface area contributed by atoms with E-state index in [2.05, 4.69) is 20.7 Å². The van der Waals surface area contributed by atoms with Crippen LogP contribution in [0.15, 0.2) is 30.7 Å². The predicted octanol–water partition coefficient (Wildman–Crippen LogP) is 1.93. The molecule has 0 unspecified atom stereocenters. The summed E-state index contributed by atoms with van der Waals surface area (Å²) < 4.78 is 19.8. The van der Waals surface area contributed by atoms with Crippen LogP contribution in [0.3, 0.4) is 0 Å². The average molecular weight is 481 g/mol. The minimum Gasteiger partial charge on any atom is -0.444 e. The molecule has 3 heterocycles. The quantitative estimate of drug-likeness (QED) is 0.610. The monoisotopic (exact) mass is 480 g/mol. The van der Waals surface area contributed by atoms with E-state index < -0.39 is 40.9 Å². The molecule has 33 heavy (non-hydrogen) atoms. The van der Waals surface area contributed by atoms with Crippen LogP contribution in [0.5, 0.6) is 0 Å². The molecule has 1 aliphatic rings. The van der Waals surface area contributed by atoms with Crippen molar-refractivity contribution in [1.82, 2.24) is 30.3 Å². The number of alkyl halides is 1. The normalized spacial score (nSPS) is 15.9. The Hall–Kier alpha value is -3.21. The van der Waals surface area contributed by atoms with E-state index in [1.54, 1.807) is 39.8 Å². The van der Waals surface area contributed by atoms with Crippen molar-refractivity contribution < 1.29 is 23.5 Å². The van der Waals surface area contributed by atoms with Gasteiger partial charge in [0.2, 0.25) is 11.8 Å². The molecule has 12 heteroatoms.